The second kappa shape index (κ2) is 4.08. The number of halogens is 2. The number of fused-ring (bicyclic) bond motifs is 1. The van der Waals surface area contributed by atoms with Gasteiger partial charge in [0.15, 0.2) is 0 Å². The summed E-state index contributed by atoms with van der Waals surface area (Å²) >= 11 is 0. The van der Waals surface area contributed by atoms with Gasteiger partial charge in [0, 0.05) is 23.7 Å². The lowest BCUT2D eigenvalue weighted by Gasteiger charge is -2.26. The van der Waals surface area contributed by atoms with E-state index < -0.39 is 11.6 Å². The van der Waals surface area contributed by atoms with Gasteiger partial charge >= 0.3 is 0 Å². The molecule has 2 heterocycles. The van der Waals surface area contributed by atoms with Gasteiger partial charge in [-0.2, -0.15) is 5.10 Å². The zero-order chi connectivity index (χ0) is 12.7. The molecule has 1 unspecified atom stereocenters. The summed E-state index contributed by atoms with van der Waals surface area (Å²) in [5.74, 6) is -0.155. The molecule has 0 saturated heterocycles. The van der Waals surface area contributed by atoms with Crippen LogP contribution in [0.5, 0.6) is 0 Å². The van der Waals surface area contributed by atoms with Crippen molar-refractivity contribution in [2.45, 2.75) is 19.4 Å². The molecular weight excluding hydrogens is 236 g/mol. The van der Waals surface area contributed by atoms with Crippen molar-refractivity contribution in [1.29, 1.82) is 0 Å². The third kappa shape index (κ3) is 1.66. The van der Waals surface area contributed by atoms with Crippen LogP contribution in [0.3, 0.4) is 0 Å². The minimum Gasteiger partial charge on any atom is -0.370 e. The number of anilines is 1. The van der Waals surface area contributed by atoms with E-state index in [1.54, 1.807) is 10.9 Å². The maximum atomic E-state index is 13.8. The zero-order valence-corrected chi connectivity index (χ0v) is 9.95. The van der Waals surface area contributed by atoms with Crippen LogP contribution in [0, 0.1) is 18.6 Å². The molecule has 1 atom stereocenters. The van der Waals surface area contributed by atoms with Crippen molar-refractivity contribution >= 4 is 5.82 Å². The Labute approximate surface area is 103 Å². The van der Waals surface area contributed by atoms with Crippen LogP contribution in [-0.4, -0.2) is 16.3 Å². The molecule has 1 aromatic heterocycles. The molecule has 0 spiro atoms. The highest BCUT2D eigenvalue weighted by molar-refractivity contribution is 5.46. The molecule has 0 fully saturated rings. The molecular formula is C13H13F2N3. The largest absolute Gasteiger partial charge is 0.370 e. The number of nitrogens with zero attached hydrogens (tertiary/aromatic N) is 2. The van der Waals surface area contributed by atoms with Gasteiger partial charge in [0.1, 0.15) is 17.5 Å². The fourth-order valence-corrected chi connectivity index (χ4v) is 2.41. The fraction of sp³-hybridized carbons (Fsp3) is 0.308. The molecule has 3 nitrogen and oxygen atoms in total. The molecule has 0 amide bonds. The molecule has 0 bridgehead atoms. The summed E-state index contributed by atoms with van der Waals surface area (Å²) in [7, 11) is 0. The molecule has 1 aromatic carbocycles. The number of aromatic nitrogens is 2. The zero-order valence-electron chi connectivity index (χ0n) is 9.95. The number of rotatable bonds is 1. The van der Waals surface area contributed by atoms with Crippen molar-refractivity contribution in [3.05, 3.63) is 47.2 Å². The van der Waals surface area contributed by atoms with Crippen LogP contribution >= 0.6 is 0 Å². The van der Waals surface area contributed by atoms with E-state index in [-0.39, 0.29) is 6.04 Å². The minimum absolute atomic E-state index is 0.171. The van der Waals surface area contributed by atoms with Crippen LogP contribution in [0.15, 0.2) is 24.4 Å². The third-order valence-corrected chi connectivity index (χ3v) is 3.31. The third-order valence-electron chi connectivity index (χ3n) is 3.31. The van der Waals surface area contributed by atoms with Gasteiger partial charge < -0.3 is 5.32 Å². The molecule has 18 heavy (non-hydrogen) atoms. The topological polar surface area (TPSA) is 29.9 Å². The van der Waals surface area contributed by atoms with Crippen molar-refractivity contribution in [2.24, 2.45) is 0 Å². The summed E-state index contributed by atoms with van der Waals surface area (Å²) < 4.78 is 28.5. The van der Waals surface area contributed by atoms with Crippen molar-refractivity contribution in [3.8, 4) is 0 Å². The van der Waals surface area contributed by atoms with E-state index >= 15 is 0 Å². The Kier molecular flexibility index (Phi) is 2.54. The van der Waals surface area contributed by atoms with Gasteiger partial charge in [0.25, 0.3) is 0 Å². The standard InChI is InChI=1S/C13H13F2N3/c1-8-7-17-18-12(4-5-16-13(8)18)10-3-2-9(14)6-11(10)15/h2-3,6-7,12,16H,4-5H2,1H3. The van der Waals surface area contributed by atoms with Gasteiger partial charge in [0.05, 0.1) is 12.2 Å². The van der Waals surface area contributed by atoms with E-state index in [1.807, 2.05) is 6.92 Å². The van der Waals surface area contributed by atoms with E-state index in [0.29, 0.717) is 5.56 Å². The summed E-state index contributed by atoms with van der Waals surface area (Å²) in [6.07, 6.45) is 2.48. The Bertz CT molecular complexity index is 592. The maximum Gasteiger partial charge on any atom is 0.131 e. The van der Waals surface area contributed by atoms with Crippen LogP contribution < -0.4 is 5.32 Å². The first-order chi connectivity index (χ1) is 8.66. The van der Waals surface area contributed by atoms with Gasteiger partial charge in [-0.25, -0.2) is 13.5 Å². The van der Waals surface area contributed by atoms with Crippen LogP contribution in [0.25, 0.3) is 0 Å². The molecule has 3 rings (SSSR count). The summed E-state index contributed by atoms with van der Waals surface area (Å²) in [6.45, 7) is 2.71. The Balaban J connectivity index is 2.08. The van der Waals surface area contributed by atoms with Crippen molar-refractivity contribution in [2.75, 3.05) is 11.9 Å². The minimum atomic E-state index is -0.554. The molecule has 1 aliphatic heterocycles. The normalized spacial score (nSPS) is 18.3. The van der Waals surface area contributed by atoms with Crippen molar-refractivity contribution < 1.29 is 8.78 Å². The Morgan fingerprint density at radius 3 is 3.00 bits per heavy atom. The highest BCUT2D eigenvalue weighted by atomic mass is 19.1. The molecule has 1 N–H and O–H groups in total. The lowest BCUT2D eigenvalue weighted by atomic mass is 10.0. The summed E-state index contributed by atoms with van der Waals surface area (Å²) in [5.41, 5.74) is 1.52. The van der Waals surface area contributed by atoms with Crippen molar-refractivity contribution in [1.82, 2.24) is 9.78 Å². The number of hydrogen-bond acceptors (Lipinski definition) is 2. The first-order valence-electron chi connectivity index (χ1n) is 5.90. The van der Waals surface area contributed by atoms with Gasteiger partial charge in [-0.05, 0) is 19.4 Å². The van der Waals surface area contributed by atoms with Crippen LogP contribution in [0.4, 0.5) is 14.6 Å². The van der Waals surface area contributed by atoms with Crippen molar-refractivity contribution in [3.63, 3.8) is 0 Å². The molecule has 94 valence electrons. The van der Waals surface area contributed by atoms with E-state index in [1.165, 1.54) is 12.1 Å². The average molecular weight is 249 g/mol. The Morgan fingerprint density at radius 1 is 1.39 bits per heavy atom. The summed E-state index contributed by atoms with van der Waals surface area (Å²) in [4.78, 5) is 0. The lowest BCUT2D eigenvalue weighted by molar-refractivity contribution is 0.455. The molecule has 2 aromatic rings. The first kappa shape index (κ1) is 11.2. The highest BCUT2D eigenvalue weighted by Gasteiger charge is 2.25. The number of hydrogen-bond donors (Lipinski definition) is 1. The average Bonchev–Trinajstić information content (AvgIpc) is 2.72. The number of nitrogens with one attached hydrogen (secondary N) is 1. The highest BCUT2D eigenvalue weighted by Crippen LogP contribution is 2.32. The molecule has 0 radical (unpaired) electrons. The van der Waals surface area contributed by atoms with E-state index in [2.05, 4.69) is 10.4 Å². The molecule has 0 saturated carbocycles. The van der Waals surface area contributed by atoms with E-state index in [9.17, 15) is 8.78 Å². The van der Waals surface area contributed by atoms with Gasteiger partial charge in [-0.15, -0.1) is 0 Å². The van der Waals surface area contributed by atoms with Crippen LogP contribution in [-0.2, 0) is 0 Å². The van der Waals surface area contributed by atoms with Gasteiger partial charge in [-0.3, -0.25) is 0 Å². The fourth-order valence-electron chi connectivity index (χ4n) is 2.41. The molecule has 0 aliphatic carbocycles. The van der Waals surface area contributed by atoms with Crippen LogP contribution in [0.1, 0.15) is 23.6 Å². The Hall–Kier alpha value is -1.91. The van der Waals surface area contributed by atoms with Gasteiger partial charge in [-0.1, -0.05) is 6.07 Å². The molecule has 5 heteroatoms. The quantitative estimate of drug-likeness (QED) is 0.842. The number of aryl methyl sites for hydroxylation is 1. The lowest BCUT2D eigenvalue weighted by Crippen LogP contribution is -2.25. The SMILES string of the molecule is Cc1cnn2c1NCCC2c1ccc(F)cc1F. The maximum absolute atomic E-state index is 13.8. The smallest absolute Gasteiger partial charge is 0.131 e. The summed E-state index contributed by atoms with van der Waals surface area (Å²) in [5, 5.41) is 7.52. The van der Waals surface area contributed by atoms with E-state index in [0.717, 1.165) is 30.4 Å². The Morgan fingerprint density at radius 2 is 2.22 bits per heavy atom. The summed E-state index contributed by atoms with van der Waals surface area (Å²) in [6, 6.07) is 3.54. The van der Waals surface area contributed by atoms with Crippen LogP contribution in [0.2, 0.25) is 0 Å². The first-order valence-corrected chi connectivity index (χ1v) is 5.90. The van der Waals surface area contributed by atoms with E-state index in [4.69, 9.17) is 0 Å². The molecule has 1 aliphatic rings. The van der Waals surface area contributed by atoms with Gasteiger partial charge in [0.2, 0.25) is 0 Å². The number of benzene rings is 1. The predicted octanol–water partition coefficient (Wildman–Crippen LogP) is 2.87. The second-order valence-corrected chi connectivity index (χ2v) is 4.52. The second-order valence-electron chi connectivity index (χ2n) is 4.52. The monoisotopic (exact) mass is 249 g/mol. The predicted molar refractivity (Wildman–Crippen MR) is 64.6 cm³/mol.